The van der Waals surface area contributed by atoms with Crippen LogP contribution in [0.5, 0.6) is 0 Å². The SMILES string of the molecule is CCN(CC)C(=O)CN(C)C(=O)c1cccc(S(=O)(=O)NCCOC)c1. The van der Waals surface area contributed by atoms with Crippen molar-refractivity contribution in [1.29, 1.82) is 0 Å². The summed E-state index contributed by atoms with van der Waals surface area (Å²) in [7, 11) is -0.744. The summed E-state index contributed by atoms with van der Waals surface area (Å²) in [5.41, 5.74) is 0.203. The Morgan fingerprint density at radius 1 is 1.19 bits per heavy atom. The van der Waals surface area contributed by atoms with Crippen molar-refractivity contribution in [2.24, 2.45) is 0 Å². The molecule has 1 rings (SSSR count). The average molecular weight is 385 g/mol. The van der Waals surface area contributed by atoms with E-state index in [4.69, 9.17) is 4.74 Å². The molecule has 26 heavy (non-hydrogen) atoms. The van der Waals surface area contributed by atoms with Crippen LogP contribution in [0.25, 0.3) is 0 Å². The monoisotopic (exact) mass is 385 g/mol. The number of amides is 2. The van der Waals surface area contributed by atoms with Crippen LogP contribution >= 0.6 is 0 Å². The van der Waals surface area contributed by atoms with Gasteiger partial charge in [0, 0.05) is 39.4 Å². The minimum Gasteiger partial charge on any atom is -0.383 e. The molecule has 0 aliphatic heterocycles. The number of carbonyl (C=O) groups is 2. The molecule has 1 N–H and O–H groups in total. The molecule has 8 nitrogen and oxygen atoms in total. The normalized spacial score (nSPS) is 11.2. The highest BCUT2D eigenvalue weighted by molar-refractivity contribution is 7.89. The molecular weight excluding hydrogens is 358 g/mol. The first-order valence-electron chi connectivity index (χ1n) is 8.38. The van der Waals surface area contributed by atoms with E-state index in [0.29, 0.717) is 13.1 Å². The van der Waals surface area contributed by atoms with E-state index < -0.39 is 15.9 Å². The Labute approximate surface area is 155 Å². The molecule has 0 saturated heterocycles. The third-order valence-corrected chi connectivity index (χ3v) is 5.28. The van der Waals surface area contributed by atoms with Crippen LogP contribution in [0.3, 0.4) is 0 Å². The number of sulfonamides is 1. The van der Waals surface area contributed by atoms with Gasteiger partial charge >= 0.3 is 0 Å². The van der Waals surface area contributed by atoms with Crippen molar-refractivity contribution < 1.29 is 22.7 Å². The maximum Gasteiger partial charge on any atom is 0.254 e. The van der Waals surface area contributed by atoms with E-state index in [9.17, 15) is 18.0 Å². The number of likely N-dealkylation sites (N-methyl/N-ethyl adjacent to an activating group) is 2. The standard InChI is InChI=1S/C17H27N3O5S/c1-5-20(6-2)16(21)13-19(3)17(22)14-8-7-9-15(12-14)26(23,24)18-10-11-25-4/h7-9,12,18H,5-6,10-11,13H2,1-4H3. The Hall–Kier alpha value is -1.97. The molecule has 0 aliphatic carbocycles. The number of rotatable bonds is 10. The Morgan fingerprint density at radius 3 is 2.42 bits per heavy atom. The Kier molecular flexibility index (Phi) is 8.70. The van der Waals surface area contributed by atoms with Crippen molar-refractivity contribution in [3.8, 4) is 0 Å². The lowest BCUT2D eigenvalue weighted by Gasteiger charge is -2.23. The van der Waals surface area contributed by atoms with Gasteiger partial charge in [-0.1, -0.05) is 6.07 Å². The number of benzene rings is 1. The van der Waals surface area contributed by atoms with E-state index in [0.717, 1.165) is 0 Å². The zero-order chi connectivity index (χ0) is 19.7. The van der Waals surface area contributed by atoms with Gasteiger partial charge in [0.25, 0.3) is 5.91 Å². The van der Waals surface area contributed by atoms with Gasteiger partial charge in [-0.15, -0.1) is 0 Å². The Balaban J connectivity index is 2.89. The predicted molar refractivity (Wildman–Crippen MR) is 98.4 cm³/mol. The number of nitrogens with one attached hydrogen (secondary N) is 1. The number of hydrogen-bond donors (Lipinski definition) is 1. The lowest BCUT2D eigenvalue weighted by Crippen LogP contribution is -2.41. The quantitative estimate of drug-likeness (QED) is 0.594. The van der Waals surface area contributed by atoms with Gasteiger partial charge in [-0.05, 0) is 32.0 Å². The van der Waals surface area contributed by atoms with E-state index in [1.165, 1.54) is 43.3 Å². The molecule has 9 heteroatoms. The van der Waals surface area contributed by atoms with E-state index in [1.807, 2.05) is 13.8 Å². The third-order valence-electron chi connectivity index (χ3n) is 3.82. The molecule has 1 aromatic rings. The molecule has 146 valence electrons. The molecule has 2 amide bonds. The van der Waals surface area contributed by atoms with Crippen molar-refractivity contribution in [1.82, 2.24) is 14.5 Å². The lowest BCUT2D eigenvalue weighted by molar-refractivity contribution is -0.131. The van der Waals surface area contributed by atoms with Crippen molar-refractivity contribution >= 4 is 21.8 Å². The molecule has 0 unspecified atom stereocenters. The van der Waals surface area contributed by atoms with Crippen LogP contribution in [0.1, 0.15) is 24.2 Å². The largest absolute Gasteiger partial charge is 0.383 e. The fourth-order valence-electron chi connectivity index (χ4n) is 2.33. The summed E-state index contributed by atoms with van der Waals surface area (Å²) in [6.07, 6.45) is 0. The third kappa shape index (κ3) is 6.08. The number of methoxy groups -OCH3 is 1. The molecule has 0 spiro atoms. The molecule has 1 aromatic carbocycles. The van der Waals surface area contributed by atoms with Gasteiger partial charge in [0.05, 0.1) is 18.0 Å². The topological polar surface area (TPSA) is 96.0 Å². The summed E-state index contributed by atoms with van der Waals surface area (Å²) in [4.78, 5) is 27.6. The fourth-order valence-corrected chi connectivity index (χ4v) is 3.39. The van der Waals surface area contributed by atoms with E-state index in [1.54, 1.807) is 4.90 Å². The maximum absolute atomic E-state index is 12.5. The minimum absolute atomic E-state index is 0.0112. The van der Waals surface area contributed by atoms with Crippen LogP contribution in [0, 0.1) is 0 Å². The van der Waals surface area contributed by atoms with E-state index in [-0.39, 0.29) is 36.1 Å². The van der Waals surface area contributed by atoms with E-state index >= 15 is 0 Å². The molecule has 0 aromatic heterocycles. The molecular formula is C17H27N3O5S. The minimum atomic E-state index is -3.73. The first-order chi connectivity index (χ1) is 12.3. The van der Waals surface area contributed by atoms with Gasteiger partial charge in [-0.25, -0.2) is 13.1 Å². The van der Waals surface area contributed by atoms with Crippen LogP contribution in [0.4, 0.5) is 0 Å². The van der Waals surface area contributed by atoms with Crippen LogP contribution in [0.15, 0.2) is 29.2 Å². The highest BCUT2D eigenvalue weighted by atomic mass is 32.2. The second-order valence-electron chi connectivity index (χ2n) is 5.65. The van der Waals surface area contributed by atoms with E-state index in [2.05, 4.69) is 4.72 Å². The van der Waals surface area contributed by atoms with Crippen molar-refractivity contribution in [2.75, 3.05) is 46.9 Å². The average Bonchev–Trinajstić information content (AvgIpc) is 2.62. The summed E-state index contributed by atoms with van der Waals surface area (Å²) in [5.74, 6) is -0.574. The van der Waals surface area contributed by atoms with Crippen molar-refractivity contribution in [3.63, 3.8) is 0 Å². The smallest absolute Gasteiger partial charge is 0.254 e. The molecule has 0 aliphatic rings. The summed E-state index contributed by atoms with van der Waals surface area (Å²) >= 11 is 0. The Bertz CT molecular complexity index is 717. The molecule has 0 radical (unpaired) electrons. The number of ether oxygens (including phenoxy) is 1. The second-order valence-corrected chi connectivity index (χ2v) is 7.41. The Morgan fingerprint density at radius 2 is 1.85 bits per heavy atom. The molecule has 0 atom stereocenters. The summed E-state index contributed by atoms with van der Waals surface area (Å²) in [6.45, 7) is 5.19. The van der Waals surface area contributed by atoms with Crippen LogP contribution in [-0.4, -0.2) is 77.0 Å². The van der Waals surface area contributed by atoms with Crippen molar-refractivity contribution in [3.05, 3.63) is 29.8 Å². The first kappa shape index (κ1) is 22.1. The molecule has 0 saturated carbocycles. The van der Waals surface area contributed by atoms with Gasteiger partial charge < -0.3 is 14.5 Å². The fraction of sp³-hybridized carbons (Fsp3) is 0.529. The van der Waals surface area contributed by atoms with Gasteiger partial charge in [0.1, 0.15) is 0 Å². The van der Waals surface area contributed by atoms with Crippen molar-refractivity contribution in [2.45, 2.75) is 18.7 Å². The number of hydrogen-bond acceptors (Lipinski definition) is 5. The van der Waals surface area contributed by atoms with Gasteiger partial charge in [-0.2, -0.15) is 0 Å². The summed E-state index contributed by atoms with van der Waals surface area (Å²) < 4.78 is 31.7. The van der Waals surface area contributed by atoms with Crippen LogP contribution in [-0.2, 0) is 19.6 Å². The lowest BCUT2D eigenvalue weighted by atomic mass is 10.2. The zero-order valence-corrected chi connectivity index (χ0v) is 16.5. The highest BCUT2D eigenvalue weighted by Crippen LogP contribution is 2.13. The summed E-state index contributed by atoms with van der Waals surface area (Å²) in [6, 6.07) is 5.73. The highest BCUT2D eigenvalue weighted by Gasteiger charge is 2.20. The van der Waals surface area contributed by atoms with Gasteiger partial charge in [-0.3, -0.25) is 9.59 Å². The second kappa shape index (κ2) is 10.2. The maximum atomic E-state index is 12.5. The van der Waals surface area contributed by atoms with Gasteiger partial charge in [0.15, 0.2) is 0 Å². The molecule has 0 bridgehead atoms. The molecule has 0 heterocycles. The first-order valence-corrected chi connectivity index (χ1v) is 9.87. The molecule has 0 fully saturated rings. The summed E-state index contributed by atoms with van der Waals surface area (Å²) in [5, 5.41) is 0. The van der Waals surface area contributed by atoms with Gasteiger partial charge in [0.2, 0.25) is 15.9 Å². The number of nitrogens with zero attached hydrogens (tertiary/aromatic N) is 2. The zero-order valence-electron chi connectivity index (χ0n) is 15.7. The van der Waals surface area contributed by atoms with Crippen LogP contribution < -0.4 is 4.72 Å². The predicted octanol–water partition coefficient (Wildman–Crippen LogP) is 0.552. The van der Waals surface area contributed by atoms with Crippen LogP contribution in [0.2, 0.25) is 0 Å². The number of carbonyl (C=O) groups excluding carboxylic acids is 2.